The van der Waals surface area contributed by atoms with Crippen molar-refractivity contribution in [2.75, 3.05) is 5.32 Å². The molecule has 0 radical (unpaired) electrons. The van der Waals surface area contributed by atoms with Crippen LogP contribution in [0.15, 0.2) is 18.2 Å². The normalized spacial score (nSPS) is 9.93. The predicted molar refractivity (Wildman–Crippen MR) is 60.0 cm³/mol. The van der Waals surface area contributed by atoms with Crippen LogP contribution in [0.5, 0.6) is 0 Å². The first kappa shape index (κ1) is 11.3. The molecule has 0 atom stereocenters. The summed E-state index contributed by atoms with van der Waals surface area (Å²) in [4.78, 5) is 11.2. The van der Waals surface area contributed by atoms with E-state index in [2.05, 4.69) is 5.32 Å². The van der Waals surface area contributed by atoms with Gasteiger partial charge >= 0.3 is 0 Å². The highest BCUT2D eigenvalue weighted by Crippen LogP contribution is 2.22. The van der Waals surface area contributed by atoms with Gasteiger partial charge in [0.15, 0.2) is 0 Å². The second-order valence-corrected chi connectivity index (χ2v) is 3.83. The van der Waals surface area contributed by atoms with Gasteiger partial charge in [-0.25, -0.2) is 0 Å². The summed E-state index contributed by atoms with van der Waals surface area (Å²) >= 11 is 11.5. The monoisotopic (exact) mass is 231 g/mol. The Morgan fingerprint density at radius 2 is 1.86 bits per heavy atom. The van der Waals surface area contributed by atoms with Gasteiger partial charge in [-0.3, -0.25) is 4.79 Å². The summed E-state index contributed by atoms with van der Waals surface area (Å²) in [5, 5.41) is 3.75. The van der Waals surface area contributed by atoms with Crippen LogP contribution in [0.4, 0.5) is 5.69 Å². The molecule has 0 aliphatic rings. The molecule has 76 valence electrons. The highest BCUT2D eigenvalue weighted by molar-refractivity contribution is 6.35. The quantitative estimate of drug-likeness (QED) is 0.845. The topological polar surface area (TPSA) is 29.1 Å². The van der Waals surface area contributed by atoms with Gasteiger partial charge in [-0.1, -0.05) is 30.1 Å². The molecule has 0 heterocycles. The molecule has 0 aliphatic heterocycles. The van der Waals surface area contributed by atoms with Crippen LogP contribution in [0.2, 0.25) is 10.0 Å². The highest BCUT2D eigenvalue weighted by Gasteiger charge is 2.02. The molecule has 1 N–H and O–H groups in total. The van der Waals surface area contributed by atoms with Crippen LogP contribution in [-0.2, 0) is 4.79 Å². The first-order valence-electron chi connectivity index (χ1n) is 4.37. The molecule has 0 saturated carbocycles. The summed E-state index contributed by atoms with van der Waals surface area (Å²) < 4.78 is 0. The summed E-state index contributed by atoms with van der Waals surface area (Å²) in [6.07, 6.45) is 1.32. The van der Waals surface area contributed by atoms with E-state index in [1.165, 1.54) is 0 Å². The summed E-state index contributed by atoms with van der Waals surface area (Å²) in [7, 11) is 0. The zero-order valence-corrected chi connectivity index (χ0v) is 9.32. The van der Waals surface area contributed by atoms with E-state index in [0.29, 0.717) is 22.2 Å². The summed E-state index contributed by atoms with van der Waals surface area (Å²) in [6.45, 7) is 1.95. The van der Waals surface area contributed by atoms with Crippen molar-refractivity contribution in [3.05, 3.63) is 28.2 Å². The third-order valence-corrected chi connectivity index (χ3v) is 2.06. The molecule has 2 nitrogen and oxygen atoms in total. The zero-order chi connectivity index (χ0) is 10.6. The number of nitrogens with one attached hydrogen (secondary N) is 1. The van der Waals surface area contributed by atoms with Crippen molar-refractivity contribution in [2.24, 2.45) is 0 Å². The molecule has 1 rings (SSSR count). The number of anilines is 1. The number of halogens is 2. The van der Waals surface area contributed by atoms with E-state index in [0.717, 1.165) is 6.42 Å². The van der Waals surface area contributed by atoms with E-state index in [9.17, 15) is 4.79 Å². The van der Waals surface area contributed by atoms with E-state index in [-0.39, 0.29) is 5.91 Å². The largest absolute Gasteiger partial charge is 0.326 e. The van der Waals surface area contributed by atoms with Crippen molar-refractivity contribution in [3.8, 4) is 0 Å². The lowest BCUT2D eigenvalue weighted by atomic mass is 10.3. The number of rotatable bonds is 3. The summed E-state index contributed by atoms with van der Waals surface area (Å²) in [6, 6.07) is 4.96. The minimum Gasteiger partial charge on any atom is -0.326 e. The Hall–Kier alpha value is -0.730. The molecule has 0 aromatic heterocycles. The van der Waals surface area contributed by atoms with Crippen LogP contribution >= 0.6 is 23.2 Å². The van der Waals surface area contributed by atoms with Gasteiger partial charge in [-0.05, 0) is 24.6 Å². The van der Waals surface area contributed by atoms with Crippen molar-refractivity contribution in [1.29, 1.82) is 0 Å². The van der Waals surface area contributed by atoms with Gasteiger partial charge in [-0.2, -0.15) is 0 Å². The number of carbonyl (C=O) groups excluding carboxylic acids is 1. The molecule has 0 saturated heterocycles. The van der Waals surface area contributed by atoms with Crippen molar-refractivity contribution in [2.45, 2.75) is 19.8 Å². The third-order valence-electron chi connectivity index (χ3n) is 1.62. The number of amides is 1. The molecule has 1 aromatic rings. The second-order valence-electron chi connectivity index (χ2n) is 2.96. The maximum atomic E-state index is 11.2. The number of hydrogen-bond acceptors (Lipinski definition) is 1. The van der Waals surface area contributed by atoms with Gasteiger partial charge in [0.05, 0.1) is 0 Å². The first-order valence-corrected chi connectivity index (χ1v) is 5.13. The predicted octanol–water partition coefficient (Wildman–Crippen LogP) is 3.73. The van der Waals surface area contributed by atoms with E-state index in [4.69, 9.17) is 23.2 Å². The lowest BCUT2D eigenvalue weighted by Crippen LogP contribution is -2.10. The van der Waals surface area contributed by atoms with Crippen molar-refractivity contribution in [3.63, 3.8) is 0 Å². The molecule has 1 aromatic carbocycles. The Morgan fingerprint density at radius 1 is 1.29 bits per heavy atom. The van der Waals surface area contributed by atoms with Gasteiger partial charge < -0.3 is 5.32 Å². The Balaban J connectivity index is 2.71. The van der Waals surface area contributed by atoms with Crippen molar-refractivity contribution < 1.29 is 4.79 Å². The van der Waals surface area contributed by atoms with Crippen LogP contribution in [0, 0.1) is 0 Å². The smallest absolute Gasteiger partial charge is 0.224 e. The molecule has 0 bridgehead atoms. The average Bonchev–Trinajstić information content (AvgIpc) is 2.01. The van der Waals surface area contributed by atoms with Crippen LogP contribution in [0.3, 0.4) is 0 Å². The fourth-order valence-corrected chi connectivity index (χ4v) is 1.60. The van der Waals surface area contributed by atoms with Crippen LogP contribution in [0.1, 0.15) is 19.8 Å². The molecule has 14 heavy (non-hydrogen) atoms. The van der Waals surface area contributed by atoms with Gasteiger partial charge in [0.1, 0.15) is 0 Å². The minimum atomic E-state index is -0.0224. The molecule has 0 aliphatic carbocycles. The number of hydrogen-bond donors (Lipinski definition) is 1. The standard InChI is InChI=1S/C10H11Cl2NO/c1-2-3-10(14)13-9-5-7(11)4-8(12)6-9/h4-6H,2-3H2,1H3,(H,13,14). The zero-order valence-electron chi connectivity index (χ0n) is 7.81. The average molecular weight is 232 g/mol. The first-order chi connectivity index (χ1) is 6.61. The Morgan fingerprint density at radius 3 is 2.36 bits per heavy atom. The van der Waals surface area contributed by atoms with E-state index >= 15 is 0 Å². The molecule has 0 fully saturated rings. The van der Waals surface area contributed by atoms with E-state index in [1.54, 1.807) is 18.2 Å². The number of carbonyl (C=O) groups is 1. The lowest BCUT2D eigenvalue weighted by Gasteiger charge is -2.05. The van der Waals surface area contributed by atoms with E-state index in [1.807, 2.05) is 6.92 Å². The molecule has 4 heteroatoms. The number of benzene rings is 1. The summed E-state index contributed by atoms with van der Waals surface area (Å²) in [5.74, 6) is -0.0224. The molecular formula is C10H11Cl2NO. The van der Waals surface area contributed by atoms with E-state index < -0.39 is 0 Å². The summed E-state index contributed by atoms with van der Waals surface area (Å²) in [5.41, 5.74) is 0.640. The third kappa shape index (κ3) is 3.56. The Kier molecular flexibility index (Phi) is 4.23. The molecule has 0 unspecified atom stereocenters. The Labute approximate surface area is 93.2 Å². The van der Waals surface area contributed by atoms with Gasteiger partial charge in [-0.15, -0.1) is 0 Å². The van der Waals surface area contributed by atoms with Crippen molar-refractivity contribution in [1.82, 2.24) is 0 Å². The maximum Gasteiger partial charge on any atom is 0.224 e. The van der Waals surface area contributed by atoms with Gasteiger partial charge in [0.2, 0.25) is 5.91 Å². The Bertz CT molecular complexity index is 319. The van der Waals surface area contributed by atoms with Crippen LogP contribution < -0.4 is 5.32 Å². The second kappa shape index (κ2) is 5.23. The SMILES string of the molecule is CCCC(=O)Nc1cc(Cl)cc(Cl)c1. The lowest BCUT2D eigenvalue weighted by molar-refractivity contribution is -0.116. The fourth-order valence-electron chi connectivity index (χ4n) is 1.08. The van der Waals surface area contributed by atoms with Gasteiger partial charge in [0, 0.05) is 22.2 Å². The van der Waals surface area contributed by atoms with Crippen LogP contribution in [0.25, 0.3) is 0 Å². The molecule has 1 amide bonds. The van der Waals surface area contributed by atoms with Crippen LogP contribution in [-0.4, -0.2) is 5.91 Å². The van der Waals surface area contributed by atoms with Gasteiger partial charge in [0.25, 0.3) is 0 Å². The van der Waals surface area contributed by atoms with Crippen molar-refractivity contribution >= 4 is 34.8 Å². The highest BCUT2D eigenvalue weighted by atomic mass is 35.5. The molecule has 0 spiro atoms. The maximum absolute atomic E-state index is 11.2. The fraction of sp³-hybridized carbons (Fsp3) is 0.300. The minimum absolute atomic E-state index is 0.0224. The molecular weight excluding hydrogens is 221 g/mol.